The Kier molecular flexibility index (Phi) is 10.3. The Bertz CT molecular complexity index is 2160. The van der Waals surface area contributed by atoms with Crippen molar-refractivity contribution in [2.45, 2.75) is 96.6 Å². The number of hydrazine groups is 1. The van der Waals surface area contributed by atoms with E-state index in [4.69, 9.17) is 19.4 Å². The van der Waals surface area contributed by atoms with Gasteiger partial charge in [-0.15, -0.1) is 11.3 Å². The summed E-state index contributed by atoms with van der Waals surface area (Å²) in [5, 5.41) is 8.82. The van der Waals surface area contributed by atoms with Crippen LogP contribution in [-0.4, -0.2) is 118 Å². The largest absolute Gasteiger partial charge is 0.464 e. The molecule has 6 bridgehead atoms. The molecule has 3 saturated heterocycles. The van der Waals surface area contributed by atoms with Crippen LogP contribution in [0.25, 0.3) is 33.4 Å². The average molecular weight is 783 g/mol. The van der Waals surface area contributed by atoms with E-state index in [1.165, 1.54) is 11.3 Å². The van der Waals surface area contributed by atoms with Crippen LogP contribution in [0, 0.1) is 5.41 Å². The first kappa shape index (κ1) is 38.7. The fourth-order valence-electron chi connectivity index (χ4n) is 8.99. The number of hydrogen-bond donors (Lipinski definition) is 2. The molecule has 4 aliphatic rings. The number of piperazine rings is 1. The summed E-state index contributed by atoms with van der Waals surface area (Å²) in [6, 6.07) is 9.23. The molecule has 4 aromatic rings. The lowest BCUT2D eigenvalue weighted by Gasteiger charge is -2.38. The number of carbonyl (C=O) groups is 3. The van der Waals surface area contributed by atoms with Gasteiger partial charge in [0.15, 0.2) is 0 Å². The number of ether oxygens (including phenoxy) is 2. The number of likely N-dealkylation sites (N-methyl/N-ethyl adjacent to an activating group) is 1. The van der Waals surface area contributed by atoms with Crippen LogP contribution in [0.5, 0.6) is 0 Å². The van der Waals surface area contributed by atoms with Crippen LogP contribution in [0.1, 0.15) is 69.8 Å². The third-order valence-corrected chi connectivity index (χ3v) is 13.0. The molecule has 2 N–H and O–H groups in total. The Balaban J connectivity index is 1.24. The molecular weight excluding hydrogens is 729 g/mol. The first-order valence-corrected chi connectivity index (χ1v) is 20.8. The van der Waals surface area contributed by atoms with Crippen molar-refractivity contribution in [3.05, 3.63) is 58.2 Å². The third kappa shape index (κ3) is 6.93. The summed E-state index contributed by atoms with van der Waals surface area (Å²) < 4.78 is 14.3. The second-order valence-electron chi connectivity index (χ2n) is 16.8. The summed E-state index contributed by atoms with van der Waals surface area (Å²) in [6.07, 6.45) is 3.63. The van der Waals surface area contributed by atoms with E-state index in [9.17, 15) is 14.4 Å². The SMILES string of the molecule is CCn1c(-c2cccnc2[C@H](C)OC)c2c3cc(ccc31)-c1csc(n1)C[C@@]1(N[C@@H]1C(=O)N1CCN(C)C[C@@H]1C)C(=O)N1CCC[C@H](N1)C(=O)OCC(C)(C)C2. The van der Waals surface area contributed by atoms with E-state index in [0.717, 1.165) is 69.3 Å². The highest BCUT2D eigenvalue weighted by Gasteiger charge is 2.66. The van der Waals surface area contributed by atoms with Crippen molar-refractivity contribution in [1.82, 2.24) is 40.1 Å². The van der Waals surface area contributed by atoms with Gasteiger partial charge >= 0.3 is 5.97 Å². The maximum atomic E-state index is 14.6. The number of thiazole rings is 1. The minimum Gasteiger partial charge on any atom is -0.464 e. The molecule has 14 heteroatoms. The number of amides is 2. The van der Waals surface area contributed by atoms with Crippen LogP contribution < -0.4 is 10.7 Å². The van der Waals surface area contributed by atoms with Crippen LogP contribution in [0.3, 0.4) is 0 Å². The van der Waals surface area contributed by atoms with Gasteiger partial charge in [-0.3, -0.25) is 29.7 Å². The molecule has 1 spiro atoms. The molecule has 0 unspecified atom stereocenters. The van der Waals surface area contributed by atoms with Gasteiger partial charge in [-0.05, 0) is 76.9 Å². The topological polar surface area (TPSA) is 144 Å². The predicted molar refractivity (Wildman–Crippen MR) is 216 cm³/mol. The van der Waals surface area contributed by atoms with Crippen molar-refractivity contribution in [2.24, 2.45) is 5.41 Å². The van der Waals surface area contributed by atoms with Crippen molar-refractivity contribution < 1.29 is 23.9 Å². The highest BCUT2D eigenvalue weighted by molar-refractivity contribution is 7.10. The summed E-state index contributed by atoms with van der Waals surface area (Å²) in [7, 11) is 3.76. The molecule has 4 aliphatic heterocycles. The van der Waals surface area contributed by atoms with Crippen LogP contribution in [0.4, 0.5) is 0 Å². The second kappa shape index (κ2) is 14.9. The zero-order valence-corrected chi connectivity index (χ0v) is 34.4. The molecule has 5 atom stereocenters. The van der Waals surface area contributed by atoms with Gasteiger partial charge in [-0.1, -0.05) is 19.9 Å². The molecule has 3 aromatic heterocycles. The molecule has 298 valence electrons. The summed E-state index contributed by atoms with van der Waals surface area (Å²) in [6.45, 7) is 14.0. The van der Waals surface area contributed by atoms with Gasteiger partial charge in [0.05, 0.1) is 34.8 Å². The van der Waals surface area contributed by atoms with E-state index in [2.05, 4.69) is 79.2 Å². The Hall–Kier alpha value is -4.21. The molecule has 0 aliphatic carbocycles. The van der Waals surface area contributed by atoms with Gasteiger partial charge in [0.2, 0.25) is 5.91 Å². The van der Waals surface area contributed by atoms with Crippen LogP contribution >= 0.6 is 11.3 Å². The molecule has 0 radical (unpaired) electrons. The number of cyclic esters (lactones) is 1. The summed E-state index contributed by atoms with van der Waals surface area (Å²) in [5.41, 5.74) is 8.55. The van der Waals surface area contributed by atoms with Gasteiger partial charge < -0.3 is 23.8 Å². The number of fused-ring (bicyclic) bond motifs is 6. The molecule has 8 rings (SSSR count). The van der Waals surface area contributed by atoms with E-state index in [0.29, 0.717) is 32.4 Å². The van der Waals surface area contributed by atoms with Crippen molar-refractivity contribution in [3.63, 3.8) is 0 Å². The smallest absolute Gasteiger partial charge is 0.324 e. The van der Waals surface area contributed by atoms with Gasteiger partial charge in [0.25, 0.3) is 5.91 Å². The molecule has 56 heavy (non-hydrogen) atoms. The lowest BCUT2D eigenvalue weighted by Crippen LogP contribution is -2.60. The maximum Gasteiger partial charge on any atom is 0.324 e. The molecule has 7 heterocycles. The molecule has 1 aromatic carbocycles. The van der Waals surface area contributed by atoms with E-state index in [1.54, 1.807) is 12.1 Å². The fraction of sp³-hybridized carbons (Fsp3) is 0.548. The van der Waals surface area contributed by atoms with Crippen molar-refractivity contribution >= 4 is 40.0 Å². The van der Waals surface area contributed by atoms with Gasteiger partial charge in [0.1, 0.15) is 17.6 Å². The highest BCUT2D eigenvalue weighted by atomic mass is 32.1. The number of nitrogens with zero attached hydrogens (tertiary/aromatic N) is 6. The number of esters is 1. The molecule has 2 amide bonds. The van der Waals surface area contributed by atoms with Gasteiger partial charge in [-0.25, -0.2) is 10.4 Å². The van der Waals surface area contributed by atoms with E-state index < -0.39 is 23.0 Å². The Morgan fingerprint density at radius 3 is 2.75 bits per heavy atom. The van der Waals surface area contributed by atoms with Crippen LogP contribution in [0.15, 0.2) is 41.9 Å². The number of methoxy groups -OCH3 is 1. The summed E-state index contributed by atoms with van der Waals surface area (Å²) in [5.74, 6) is -0.704. The third-order valence-electron chi connectivity index (χ3n) is 12.1. The Morgan fingerprint density at radius 2 is 1.98 bits per heavy atom. The molecule has 3 fully saturated rings. The number of aromatic nitrogens is 3. The molecule has 0 saturated carbocycles. The van der Waals surface area contributed by atoms with E-state index in [1.807, 2.05) is 29.5 Å². The number of nitrogens with one attached hydrogen (secondary N) is 2. The Morgan fingerprint density at radius 1 is 1.16 bits per heavy atom. The lowest BCUT2D eigenvalue weighted by molar-refractivity contribution is -0.155. The minimum atomic E-state index is -1.19. The first-order valence-electron chi connectivity index (χ1n) is 19.9. The monoisotopic (exact) mass is 782 g/mol. The predicted octanol–water partition coefficient (Wildman–Crippen LogP) is 4.59. The highest BCUT2D eigenvalue weighted by Crippen LogP contribution is 2.43. The zero-order chi connectivity index (χ0) is 39.5. The van der Waals surface area contributed by atoms with Crippen molar-refractivity contribution in [1.29, 1.82) is 0 Å². The second-order valence-corrected chi connectivity index (χ2v) is 17.8. The summed E-state index contributed by atoms with van der Waals surface area (Å²) in [4.78, 5) is 56.6. The number of benzene rings is 1. The summed E-state index contributed by atoms with van der Waals surface area (Å²) >= 11 is 1.50. The quantitative estimate of drug-likeness (QED) is 0.218. The number of aryl methyl sites for hydroxylation is 1. The van der Waals surface area contributed by atoms with E-state index >= 15 is 0 Å². The normalized spacial score (nSPS) is 26.3. The Labute approximate surface area is 332 Å². The maximum absolute atomic E-state index is 14.6. The number of pyridine rings is 1. The van der Waals surface area contributed by atoms with Crippen LogP contribution in [-0.2, 0) is 43.2 Å². The minimum absolute atomic E-state index is 0.0222. The van der Waals surface area contributed by atoms with Crippen LogP contribution in [0.2, 0.25) is 0 Å². The van der Waals surface area contributed by atoms with Gasteiger partial charge in [0, 0.05) is 91.3 Å². The van der Waals surface area contributed by atoms with Crippen molar-refractivity contribution in [3.8, 4) is 22.5 Å². The first-order chi connectivity index (χ1) is 26.8. The molecular formula is C42H54N8O5S. The zero-order valence-electron chi connectivity index (χ0n) is 33.6. The fourth-order valence-corrected chi connectivity index (χ4v) is 9.89. The standard InChI is InChI=1S/C42H54N8O5S/c1-8-48-33-14-13-27-19-29(33)30(36(48)28-11-9-15-43-35(28)26(3)54-7)20-41(4,5)24-55-39(52)31-12-10-16-50(46-31)40(53)42(21-34-44-32(27)23-56-34)37(45-42)38(51)49-18-17-47(6)22-25(49)2/h9,11,13-15,19,23,25-26,31,37,45-46H,8,10,12,16-18,20-22,24H2,1-7H3/t25-,26-,31-,37+,42-/m0/s1. The molecule has 13 nitrogen and oxygen atoms in total. The lowest BCUT2D eigenvalue weighted by atomic mass is 9.84. The average Bonchev–Trinajstić information content (AvgIpc) is 3.59. The van der Waals surface area contributed by atoms with Crippen molar-refractivity contribution in [2.75, 3.05) is 46.9 Å². The van der Waals surface area contributed by atoms with E-state index in [-0.39, 0.29) is 43.0 Å². The number of rotatable bonds is 5. The van der Waals surface area contributed by atoms with Gasteiger partial charge in [-0.2, -0.15) is 0 Å². The number of hydrogen-bond acceptors (Lipinski definition) is 11. The number of carbonyl (C=O) groups excluding carboxylic acids is 3.